The molecule has 1 atom stereocenters. The highest BCUT2D eigenvalue weighted by atomic mass is 16.5. The molecule has 0 spiro atoms. The summed E-state index contributed by atoms with van der Waals surface area (Å²) >= 11 is 0. The monoisotopic (exact) mass is 359 g/mol. The van der Waals surface area contributed by atoms with Crippen molar-refractivity contribution >= 4 is 17.5 Å². The summed E-state index contributed by atoms with van der Waals surface area (Å²) in [6, 6.07) is 9.92. The maximum absolute atomic E-state index is 12.5. The minimum Gasteiger partial charge on any atom is -0.381 e. The fraction of sp³-hybridized carbons (Fsp3) is 0.600. The number of anilines is 1. The summed E-state index contributed by atoms with van der Waals surface area (Å²) in [5.74, 6) is 0.0297. The summed E-state index contributed by atoms with van der Waals surface area (Å²) in [4.78, 5) is 26.9. The van der Waals surface area contributed by atoms with Gasteiger partial charge < -0.3 is 15.4 Å². The van der Waals surface area contributed by atoms with E-state index in [9.17, 15) is 9.59 Å². The number of hydrogen-bond donors (Lipinski definition) is 2. The first kappa shape index (κ1) is 18.9. The molecule has 0 unspecified atom stereocenters. The van der Waals surface area contributed by atoms with Crippen molar-refractivity contribution in [2.24, 2.45) is 5.92 Å². The van der Waals surface area contributed by atoms with Crippen molar-refractivity contribution in [1.82, 2.24) is 10.2 Å². The van der Waals surface area contributed by atoms with E-state index in [2.05, 4.69) is 15.5 Å². The van der Waals surface area contributed by atoms with Gasteiger partial charge >= 0.3 is 0 Å². The van der Waals surface area contributed by atoms with E-state index in [0.29, 0.717) is 12.6 Å². The highest BCUT2D eigenvalue weighted by molar-refractivity contribution is 5.91. The van der Waals surface area contributed by atoms with Crippen LogP contribution < -0.4 is 10.6 Å². The lowest BCUT2D eigenvalue weighted by Gasteiger charge is -2.39. The molecule has 2 N–H and O–H groups in total. The van der Waals surface area contributed by atoms with Crippen LogP contribution in [-0.4, -0.2) is 55.6 Å². The van der Waals surface area contributed by atoms with E-state index in [0.717, 1.165) is 57.7 Å². The lowest BCUT2D eigenvalue weighted by molar-refractivity contribution is -0.127. The second-order valence-electron chi connectivity index (χ2n) is 7.13. The van der Waals surface area contributed by atoms with Crippen LogP contribution in [0.25, 0.3) is 0 Å². The van der Waals surface area contributed by atoms with Crippen molar-refractivity contribution in [3.05, 3.63) is 30.3 Å². The third kappa shape index (κ3) is 5.54. The second-order valence-corrected chi connectivity index (χ2v) is 7.13. The minimum absolute atomic E-state index is 0.0313. The summed E-state index contributed by atoms with van der Waals surface area (Å²) in [5, 5.41) is 5.78. The lowest BCUT2D eigenvalue weighted by atomic mass is 9.94. The predicted octanol–water partition coefficient (Wildman–Crippen LogP) is 2.02. The third-order valence-electron chi connectivity index (χ3n) is 5.24. The van der Waals surface area contributed by atoms with Crippen LogP contribution in [-0.2, 0) is 14.3 Å². The van der Waals surface area contributed by atoms with Crippen molar-refractivity contribution in [3.63, 3.8) is 0 Å². The molecular formula is C20H29N3O3. The average molecular weight is 359 g/mol. The first-order chi connectivity index (χ1) is 12.7. The van der Waals surface area contributed by atoms with Crippen LogP contribution in [0.4, 0.5) is 5.69 Å². The Labute approximate surface area is 155 Å². The number of nitrogens with one attached hydrogen (secondary N) is 2. The van der Waals surface area contributed by atoms with E-state index in [1.54, 1.807) is 0 Å². The molecule has 2 saturated heterocycles. The smallest absolute Gasteiger partial charge is 0.226 e. The summed E-state index contributed by atoms with van der Waals surface area (Å²) < 4.78 is 5.44. The zero-order chi connectivity index (χ0) is 18.2. The van der Waals surface area contributed by atoms with Gasteiger partial charge in [-0.3, -0.25) is 14.5 Å². The van der Waals surface area contributed by atoms with Crippen molar-refractivity contribution in [2.45, 2.75) is 38.1 Å². The average Bonchev–Trinajstić information content (AvgIpc) is 2.69. The van der Waals surface area contributed by atoms with Gasteiger partial charge in [-0.05, 0) is 44.4 Å². The summed E-state index contributed by atoms with van der Waals surface area (Å²) in [5.41, 5.74) is 0.781. The first-order valence-electron chi connectivity index (χ1n) is 9.67. The zero-order valence-corrected chi connectivity index (χ0v) is 15.3. The second kappa shape index (κ2) is 9.69. The number of para-hydroxylation sites is 1. The van der Waals surface area contributed by atoms with Crippen molar-refractivity contribution in [3.8, 4) is 0 Å². The van der Waals surface area contributed by atoms with Gasteiger partial charge in [-0.15, -0.1) is 0 Å². The number of rotatable bonds is 6. The van der Waals surface area contributed by atoms with Gasteiger partial charge in [0.2, 0.25) is 11.8 Å². The van der Waals surface area contributed by atoms with E-state index in [4.69, 9.17) is 4.74 Å². The Morgan fingerprint density at radius 2 is 1.88 bits per heavy atom. The number of ether oxygens (including phenoxy) is 1. The summed E-state index contributed by atoms with van der Waals surface area (Å²) in [6.45, 7) is 3.94. The molecule has 142 valence electrons. The van der Waals surface area contributed by atoms with Gasteiger partial charge in [0, 0.05) is 44.5 Å². The Hall–Kier alpha value is -1.92. The van der Waals surface area contributed by atoms with Gasteiger partial charge in [-0.1, -0.05) is 18.2 Å². The van der Waals surface area contributed by atoms with Gasteiger partial charge in [-0.25, -0.2) is 0 Å². The molecule has 2 amide bonds. The van der Waals surface area contributed by atoms with Crippen LogP contribution in [0.2, 0.25) is 0 Å². The lowest BCUT2D eigenvalue weighted by Crippen LogP contribution is -2.48. The van der Waals surface area contributed by atoms with Crippen LogP contribution in [0.15, 0.2) is 30.3 Å². The Morgan fingerprint density at radius 1 is 1.12 bits per heavy atom. The number of benzene rings is 1. The standard InChI is InChI=1S/C20H29N3O3/c24-19(22-17-6-2-1-3-7-17)8-11-21-20(25)16-5-4-12-23(15-16)18-9-13-26-14-10-18/h1-3,6-7,16,18H,4-5,8-15H2,(H,21,25)(H,22,24)/t16-/m1/s1. The fourth-order valence-electron chi connectivity index (χ4n) is 3.79. The molecule has 0 radical (unpaired) electrons. The molecule has 3 rings (SSSR count). The molecule has 0 aromatic heterocycles. The molecule has 2 fully saturated rings. The molecule has 2 heterocycles. The van der Waals surface area contributed by atoms with Gasteiger partial charge in [0.1, 0.15) is 0 Å². The summed E-state index contributed by atoms with van der Waals surface area (Å²) in [6.07, 6.45) is 4.41. The Morgan fingerprint density at radius 3 is 2.65 bits per heavy atom. The molecule has 0 saturated carbocycles. The quantitative estimate of drug-likeness (QED) is 0.815. The van der Waals surface area contributed by atoms with Gasteiger partial charge in [0.15, 0.2) is 0 Å². The third-order valence-corrected chi connectivity index (χ3v) is 5.24. The molecule has 6 nitrogen and oxygen atoms in total. The van der Waals surface area contributed by atoms with Crippen LogP contribution in [0.5, 0.6) is 0 Å². The van der Waals surface area contributed by atoms with Crippen molar-refractivity contribution in [2.75, 3.05) is 38.2 Å². The number of carbonyl (C=O) groups is 2. The topological polar surface area (TPSA) is 70.7 Å². The highest BCUT2D eigenvalue weighted by Gasteiger charge is 2.30. The molecule has 1 aromatic rings. The molecule has 1 aromatic carbocycles. The normalized spacial score (nSPS) is 21.9. The number of nitrogens with zero attached hydrogens (tertiary/aromatic N) is 1. The van der Waals surface area contributed by atoms with Gasteiger partial charge in [-0.2, -0.15) is 0 Å². The van der Waals surface area contributed by atoms with E-state index < -0.39 is 0 Å². The number of likely N-dealkylation sites (tertiary alicyclic amines) is 1. The number of amides is 2. The molecule has 0 bridgehead atoms. The van der Waals surface area contributed by atoms with Crippen LogP contribution in [0.1, 0.15) is 32.1 Å². The fourth-order valence-corrected chi connectivity index (χ4v) is 3.79. The van der Waals surface area contributed by atoms with E-state index in [1.807, 2.05) is 30.3 Å². The molecule has 2 aliphatic heterocycles. The molecular weight excluding hydrogens is 330 g/mol. The van der Waals surface area contributed by atoms with Crippen molar-refractivity contribution < 1.29 is 14.3 Å². The Balaban J connectivity index is 1.38. The molecule has 2 aliphatic rings. The molecule has 6 heteroatoms. The maximum atomic E-state index is 12.5. The highest BCUT2D eigenvalue weighted by Crippen LogP contribution is 2.23. The SMILES string of the molecule is O=C(CCNC(=O)[C@@H]1CCCN(C2CCOCC2)C1)Nc1ccccc1. The van der Waals surface area contributed by atoms with E-state index in [1.165, 1.54) is 0 Å². The summed E-state index contributed by atoms with van der Waals surface area (Å²) in [7, 11) is 0. The Kier molecular flexibility index (Phi) is 7.03. The number of piperidine rings is 1. The van der Waals surface area contributed by atoms with Crippen LogP contribution >= 0.6 is 0 Å². The maximum Gasteiger partial charge on any atom is 0.226 e. The van der Waals surface area contributed by atoms with E-state index in [-0.39, 0.29) is 24.2 Å². The van der Waals surface area contributed by atoms with Gasteiger partial charge in [0.05, 0.1) is 5.92 Å². The number of carbonyl (C=O) groups excluding carboxylic acids is 2. The van der Waals surface area contributed by atoms with Crippen LogP contribution in [0.3, 0.4) is 0 Å². The molecule has 0 aliphatic carbocycles. The van der Waals surface area contributed by atoms with E-state index >= 15 is 0 Å². The molecule has 26 heavy (non-hydrogen) atoms. The minimum atomic E-state index is -0.0797. The predicted molar refractivity (Wildman–Crippen MR) is 101 cm³/mol. The first-order valence-corrected chi connectivity index (χ1v) is 9.67. The van der Waals surface area contributed by atoms with Crippen LogP contribution in [0, 0.1) is 5.92 Å². The van der Waals surface area contributed by atoms with Gasteiger partial charge in [0.25, 0.3) is 0 Å². The van der Waals surface area contributed by atoms with Crippen molar-refractivity contribution in [1.29, 1.82) is 0 Å². The Bertz CT molecular complexity index is 587. The largest absolute Gasteiger partial charge is 0.381 e. The zero-order valence-electron chi connectivity index (χ0n) is 15.3. The number of hydrogen-bond acceptors (Lipinski definition) is 4.